The van der Waals surface area contributed by atoms with Crippen LogP contribution in [0.2, 0.25) is 0 Å². The number of nitriles is 2. The first-order chi connectivity index (χ1) is 36.4. The molecule has 20 nitrogen and oxygen atoms in total. The van der Waals surface area contributed by atoms with Crippen molar-refractivity contribution in [1.29, 1.82) is 10.5 Å². The smallest absolute Gasteiger partial charge is 0.410 e. The number of nitrogens with one attached hydrogen (secondary N) is 3. The molecule has 0 spiro atoms. The van der Waals surface area contributed by atoms with E-state index in [-0.39, 0.29) is 12.1 Å². The largest absolute Gasteiger partial charge is 0.486 e. The minimum absolute atomic E-state index is 0.157. The minimum Gasteiger partial charge on any atom is -0.486 e. The van der Waals surface area contributed by atoms with Crippen LogP contribution in [0.25, 0.3) is 22.8 Å². The lowest BCUT2D eigenvalue weighted by molar-refractivity contribution is 0.0184. The average molecular weight is 1030 g/mol. The number of carbonyl (C=O) groups excluding carboxylic acids is 1. The summed E-state index contributed by atoms with van der Waals surface area (Å²) in [5.41, 5.74) is 2.89. The SMILES string of the molecule is CC(C)(C)OC(=O)N1CCC(n2cc(Nc3ncnc(-c4ccc(O[C@H]5CCCC[C@H]5F)c(C#N)c4)n3)cn2)CC1.N#Cc1cc(-c2ncnc(Nc3cnn(C4CCNCC4)c3)n2)ccc1O[C@H]1CCCC[C@H]1F. The molecule has 75 heavy (non-hydrogen) atoms. The summed E-state index contributed by atoms with van der Waals surface area (Å²) in [5.74, 6) is 2.27. The predicted octanol–water partition coefficient (Wildman–Crippen LogP) is 9.52. The van der Waals surface area contributed by atoms with Crippen LogP contribution in [0.4, 0.5) is 36.8 Å². The van der Waals surface area contributed by atoms with Crippen LogP contribution in [0.1, 0.15) is 121 Å². The Bertz CT molecular complexity index is 2970. The molecule has 3 N–H and O–H groups in total. The number of alkyl halides is 2. The van der Waals surface area contributed by atoms with Gasteiger partial charge in [-0.15, -0.1) is 0 Å². The molecule has 0 unspecified atom stereocenters. The molecular formula is C53H62F2N16O4. The van der Waals surface area contributed by atoms with Crippen LogP contribution < -0.4 is 25.4 Å². The number of hydrogen-bond donors (Lipinski definition) is 3. The molecule has 10 rings (SSSR count). The highest BCUT2D eigenvalue weighted by atomic mass is 19.1. The summed E-state index contributed by atoms with van der Waals surface area (Å²) >= 11 is 0. The van der Waals surface area contributed by atoms with Crippen LogP contribution in [-0.4, -0.2) is 117 Å². The van der Waals surface area contributed by atoms with Crippen molar-refractivity contribution in [2.75, 3.05) is 36.8 Å². The van der Waals surface area contributed by atoms with Crippen LogP contribution in [0.3, 0.4) is 0 Å². The third-order valence-electron chi connectivity index (χ3n) is 13.5. The molecule has 2 aliphatic carbocycles. The Hall–Kier alpha value is -7.85. The Morgan fingerprint density at radius 1 is 0.667 bits per heavy atom. The molecule has 2 saturated carbocycles. The monoisotopic (exact) mass is 1020 g/mol. The van der Waals surface area contributed by atoms with Gasteiger partial charge >= 0.3 is 6.09 Å². The Morgan fingerprint density at radius 2 is 1.13 bits per heavy atom. The third-order valence-corrected chi connectivity index (χ3v) is 13.5. The van der Waals surface area contributed by atoms with Crippen LogP contribution >= 0.6 is 0 Å². The molecule has 2 aromatic carbocycles. The fourth-order valence-electron chi connectivity index (χ4n) is 9.58. The molecule has 1 amide bonds. The zero-order valence-corrected chi connectivity index (χ0v) is 42.4. The maximum Gasteiger partial charge on any atom is 0.410 e. The zero-order valence-electron chi connectivity index (χ0n) is 42.4. The molecular weight excluding hydrogens is 963 g/mol. The van der Waals surface area contributed by atoms with E-state index in [2.05, 4.69) is 68.2 Å². The van der Waals surface area contributed by atoms with E-state index in [1.54, 1.807) is 53.7 Å². The van der Waals surface area contributed by atoms with Gasteiger partial charge in [-0.2, -0.15) is 30.7 Å². The van der Waals surface area contributed by atoms with E-state index in [1.807, 2.05) is 42.5 Å². The van der Waals surface area contributed by atoms with E-state index < -0.39 is 30.2 Å². The maximum absolute atomic E-state index is 14.3. The van der Waals surface area contributed by atoms with Crippen LogP contribution in [-0.2, 0) is 4.74 Å². The van der Waals surface area contributed by atoms with E-state index in [0.717, 1.165) is 70.1 Å². The molecule has 6 aromatic rings. The normalized spacial score (nSPS) is 20.4. The van der Waals surface area contributed by atoms with Gasteiger partial charge in [0.15, 0.2) is 11.6 Å². The number of hydrogen-bond acceptors (Lipinski definition) is 17. The molecule has 392 valence electrons. The number of ether oxygens (including phenoxy) is 3. The molecule has 4 aromatic heterocycles. The van der Waals surface area contributed by atoms with Crippen molar-refractivity contribution in [3.05, 3.63) is 85.0 Å². The van der Waals surface area contributed by atoms with Gasteiger partial charge in [0, 0.05) is 36.6 Å². The van der Waals surface area contributed by atoms with Gasteiger partial charge in [0.25, 0.3) is 0 Å². The van der Waals surface area contributed by atoms with Gasteiger partial charge in [-0.3, -0.25) is 9.36 Å². The highest BCUT2D eigenvalue weighted by Crippen LogP contribution is 2.33. The first kappa shape index (κ1) is 52.0. The summed E-state index contributed by atoms with van der Waals surface area (Å²) < 4.78 is 49.6. The first-order valence-corrected chi connectivity index (χ1v) is 25.8. The Labute approximate surface area is 434 Å². The topological polar surface area (TPSA) is 245 Å². The van der Waals surface area contributed by atoms with Crippen LogP contribution in [0.15, 0.2) is 73.8 Å². The van der Waals surface area contributed by atoms with E-state index in [9.17, 15) is 24.1 Å². The average Bonchev–Trinajstić information content (AvgIpc) is 4.10. The number of carbonyl (C=O) groups is 1. The second-order valence-electron chi connectivity index (χ2n) is 20.2. The van der Waals surface area contributed by atoms with E-state index in [4.69, 9.17) is 14.2 Å². The van der Waals surface area contributed by atoms with Gasteiger partial charge in [-0.1, -0.05) is 12.8 Å². The van der Waals surface area contributed by atoms with Gasteiger partial charge in [0.05, 0.1) is 47.0 Å². The number of benzene rings is 2. The van der Waals surface area contributed by atoms with Gasteiger partial charge in [-0.05, 0) is 134 Å². The van der Waals surface area contributed by atoms with Crippen molar-refractivity contribution in [3.63, 3.8) is 0 Å². The number of likely N-dealkylation sites (tertiary alicyclic amines) is 1. The lowest BCUT2D eigenvalue weighted by Crippen LogP contribution is -2.42. The number of rotatable bonds is 12. The molecule has 0 bridgehead atoms. The summed E-state index contributed by atoms with van der Waals surface area (Å²) in [7, 11) is 0. The second-order valence-corrected chi connectivity index (χ2v) is 20.2. The number of nitrogens with zero attached hydrogens (tertiary/aromatic N) is 13. The number of piperidine rings is 2. The molecule has 6 heterocycles. The zero-order chi connectivity index (χ0) is 52.3. The van der Waals surface area contributed by atoms with Crippen LogP contribution in [0.5, 0.6) is 11.5 Å². The van der Waals surface area contributed by atoms with Gasteiger partial charge in [0.2, 0.25) is 11.9 Å². The Kier molecular flexibility index (Phi) is 16.7. The molecule has 2 aliphatic heterocycles. The molecule has 0 radical (unpaired) electrons. The van der Waals surface area contributed by atoms with E-state index in [1.165, 1.54) is 12.7 Å². The molecule has 22 heteroatoms. The lowest BCUT2D eigenvalue weighted by atomic mass is 9.96. The van der Waals surface area contributed by atoms with Crippen LogP contribution in [0, 0.1) is 22.7 Å². The van der Waals surface area contributed by atoms with E-state index >= 15 is 0 Å². The summed E-state index contributed by atoms with van der Waals surface area (Å²) in [5, 5.41) is 38.0. The first-order valence-electron chi connectivity index (χ1n) is 25.8. The van der Waals surface area contributed by atoms with Crippen molar-refractivity contribution < 1.29 is 27.8 Å². The minimum atomic E-state index is -1.03. The maximum atomic E-state index is 14.3. The highest BCUT2D eigenvalue weighted by Gasteiger charge is 2.30. The second kappa shape index (κ2) is 24.0. The van der Waals surface area contributed by atoms with E-state index in [0.29, 0.717) is 108 Å². The van der Waals surface area contributed by atoms with Crippen molar-refractivity contribution in [2.24, 2.45) is 0 Å². The molecule has 4 aliphatic rings. The predicted molar refractivity (Wildman–Crippen MR) is 274 cm³/mol. The standard InChI is InChI=1S/C29H35FN8O3.C24H27FN8O/c1-29(2,3)41-28(39)37-12-10-22(11-13-37)38-17-21(16-34-38)35-27-33-18-32-26(36-27)19-8-9-24(20(14-19)15-31)40-25-7-5-4-6-23(25)30;25-20-3-1-2-4-22(20)34-21-6-5-16(11-17(21)12-26)23-28-15-29-24(32-23)31-18-13-30-33(14-18)19-7-9-27-10-8-19/h8-9,14,16-18,22-23,25H,4-7,10-13H2,1-3H3,(H,32,33,35,36);5-6,11,13-15,19-20,22,27H,1-4,7-10H2,(H,28,29,31,32)/t23-,25+;20-,22+/m11/s1. The van der Waals surface area contributed by atoms with Gasteiger partial charge in [0.1, 0.15) is 66.4 Å². The summed E-state index contributed by atoms with van der Waals surface area (Å²) in [4.78, 5) is 40.1. The molecule has 4 atom stereocenters. The summed E-state index contributed by atoms with van der Waals surface area (Å²) in [6, 6.07) is 15.0. The van der Waals surface area contributed by atoms with Crippen molar-refractivity contribution in [2.45, 2.75) is 140 Å². The summed E-state index contributed by atoms with van der Waals surface area (Å²) in [6.45, 7) is 8.77. The highest BCUT2D eigenvalue weighted by molar-refractivity contribution is 5.68. The van der Waals surface area contributed by atoms with Gasteiger partial charge in [-0.25, -0.2) is 33.5 Å². The fourth-order valence-corrected chi connectivity index (χ4v) is 9.58. The molecule has 4 fully saturated rings. The van der Waals surface area contributed by atoms with Crippen molar-refractivity contribution >= 4 is 29.4 Å². The number of halogens is 2. The number of aromatic nitrogens is 10. The van der Waals surface area contributed by atoms with Gasteiger partial charge < -0.3 is 35.1 Å². The Morgan fingerprint density at radius 3 is 1.59 bits per heavy atom. The quantitative estimate of drug-likeness (QED) is 0.103. The Balaban J connectivity index is 0.000000187. The lowest BCUT2D eigenvalue weighted by Gasteiger charge is -2.33. The molecule has 2 saturated heterocycles. The number of anilines is 4. The van der Waals surface area contributed by atoms with Crippen molar-refractivity contribution in [3.8, 4) is 46.4 Å². The summed E-state index contributed by atoms with van der Waals surface area (Å²) in [6.07, 6.45) is 16.3. The van der Waals surface area contributed by atoms with Crippen molar-refractivity contribution in [1.82, 2.24) is 59.7 Å². The fraction of sp³-hybridized carbons (Fsp3) is 0.491. The number of amides is 1. The third kappa shape index (κ3) is 13.7.